The lowest BCUT2D eigenvalue weighted by Gasteiger charge is -2.37. The first kappa shape index (κ1) is 9.93. The standard InChI is InChI=1S/C10H18N2O2/c1-11-9-7-14-6-5-12(10(9)13)8-3-2-4-8/h8-9,11H,2-7H2,1H3. The molecule has 14 heavy (non-hydrogen) atoms. The summed E-state index contributed by atoms with van der Waals surface area (Å²) in [4.78, 5) is 14.0. The van der Waals surface area contributed by atoms with Crippen LogP contribution in [-0.2, 0) is 9.53 Å². The van der Waals surface area contributed by atoms with Gasteiger partial charge in [0.25, 0.3) is 0 Å². The van der Waals surface area contributed by atoms with Crippen LogP contribution in [0.1, 0.15) is 19.3 Å². The Morgan fingerprint density at radius 3 is 2.86 bits per heavy atom. The van der Waals surface area contributed by atoms with E-state index in [9.17, 15) is 4.79 Å². The van der Waals surface area contributed by atoms with Gasteiger partial charge in [0.15, 0.2) is 0 Å². The lowest BCUT2D eigenvalue weighted by molar-refractivity contribution is -0.136. The normalized spacial score (nSPS) is 29.9. The predicted molar refractivity (Wildman–Crippen MR) is 53.0 cm³/mol. The van der Waals surface area contributed by atoms with Gasteiger partial charge in [-0.15, -0.1) is 0 Å². The van der Waals surface area contributed by atoms with E-state index >= 15 is 0 Å². The van der Waals surface area contributed by atoms with Crippen LogP contribution in [0.4, 0.5) is 0 Å². The lowest BCUT2D eigenvalue weighted by Crippen LogP contribution is -2.51. The van der Waals surface area contributed by atoms with Crippen molar-refractivity contribution in [1.82, 2.24) is 10.2 Å². The topological polar surface area (TPSA) is 41.6 Å². The number of nitrogens with one attached hydrogen (secondary N) is 1. The van der Waals surface area contributed by atoms with E-state index in [0.717, 1.165) is 6.54 Å². The van der Waals surface area contributed by atoms with E-state index in [1.807, 2.05) is 11.9 Å². The van der Waals surface area contributed by atoms with Crippen molar-refractivity contribution < 1.29 is 9.53 Å². The number of ether oxygens (including phenoxy) is 1. The fraction of sp³-hybridized carbons (Fsp3) is 0.900. The number of nitrogens with zero attached hydrogens (tertiary/aromatic N) is 1. The van der Waals surface area contributed by atoms with Crippen molar-refractivity contribution in [3.8, 4) is 0 Å². The van der Waals surface area contributed by atoms with Crippen molar-refractivity contribution in [3.63, 3.8) is 0 Å². The summed E-state index contributed by atoms with van der Waals surface area (Å²) in [5.41, 5.74) is 0. The first-order chi connectivity index (χ1) is 6.83. The summed E-state index contributed by atoms with van der Waals surface area (Å²) in [6.45, 7) is 1.96. The second-order valence-electron chi connectivity index (χ2n) is 4.03. The number of carbonyl (C=O) groups is 1. The molecule has 1 heterocycles. The first-order valence-electron chi connectivity index (χ1n) is 5.38. The summed E-state index contributed by atoms with van der Waals surface area (Å²) in [5.74, 6) is 0.217. The predicted octanol–water partition coefficient (Wildman–Crippen LogP) is -0.0143. The molecule has 2 fully saturated rings. The van der Waals surface area contributed by atoms with Crippen LogP contribution in [0.3, 0.4) is 0 Å². The molecule has 1 aliphatic heterocycles. The van der Waals surface area contributed by atoms with E-state index in [4.69, 9.17) is 4.74 Å². The molecule has 1 atom stereocenters. The molecule has 80 valence electrons. The largest absolute Gasteiger partial charge is 0.377 e. The van der Waals surface area contributed by atoms with E-state index in [1.54, 1.807) is 0 Å². The third-order valence-corrected chi connectivity index (χ3v) is 3.21. The summed E-state index contributed by atoms with van der Waals surface area (Å²) < 4.78 is 5.39. The van der Waals surface area contributed by atoms with E-state index in [0.29, 0.717) is 19.3 Å². The molecule has 1 aliphatic carbocycles. The zero-order chi connectivity index (χ0) is 9.97. The van der Waals surface area contributed by atoms with Gasteiger partial charge >= 0.3 is 0 Å². The zero-order valence-corrected chi connectivity index (χ0v) is 8.66. The van der Waals surface area contributed by atoms with E-state index in [1.165, 1.54) is 19.3 Å². The highest BCUT2D eigenvalue weighted by molar-refractivity contribution is 5.82. The van der Waals surface area contributed by atoms with Crippen LogP contribution in [0.15, 0.2) is 0 Å². The fourth-order valence-corrected chi connectivity index (χ4v) is 2.01. The molecular formula is C10H18N2O2. The van der Waals surface area contributed by atoms with Gasteiger partial charge in [0.1, 0.15) is 6.04 Å². The highest BCUT2D eigenvalue weighted by Crippen LogP contribution is 2.25. The first-order valence-corrected chi connectivity index (χ1v) is 5.38. The van der Waals surface area contributed by atoms with Crippen LogP contribution >= 0.6 is 0 Å². The van der Waals surface area contributed by atoms with Crippen LogP contribution in [0.25, 0.3) is 0 Å². The Morgan fingerprint density at radius 2 is 2.29 bits per heavy atom. The van der Waals surface area contributed by atoms with Crippen LogP contribution in [0.2, 0.25) is 0 Å². The van der Waals surface area contributed by atoms with E-state index in [-0.39, 0.29) is 11.9 Å². The molecule has 0 radical (unpaired) electrons. The molecule has 2 rings (SSSR count). The maximum Gasteiger partial charge on any atom is 0.242 e. The number of amides is 1. The molecule has 1 unspecified atom stereocenters. The van der Waals surface area contributed by atoms with Crippen molar-refractivity contribution in [1.29, 1.82) is 0 Å². The second kappa shape index (κ2) is 4.28. The molecule has 0 aromatic carbocycles. The Balaban J connectivity index is 2.02. The van der Waals surface area contributed by atoms with Crippen molar-refractivity contribution in [2.24, 2.45) is 0 Å². The molecule has 0 bridgehead atoms. The SMILES string of the molecule is CNC1COCCN(C2CCC2)C1=O. The van der Waals surface area contributed by atoms with Gasteiger partial charge in [-0.3, -0.25) is 4.79 Å². The molecule has 1 N–H and O–H groups in total. The second-order valence-corrected chi connectivity index (χ2v) is 4.03. The molecule has 1 saturated carbocycles. The molecule has 4 nitrogen and oxygen atoms in total. The summed E-state index contributed by atoms with van der Waals surface area (Å²) in [6, 6.07) is 0.346. The third-order valence-electron chi connectivity index (χ3n) is 3.21. The van der Waals surface area contributed by atoms with Gasteiger partial charge in [-0.1, -0.05) is 0 Å². The Labute approximate surface area is 84.6 Å². The number of hydrogen-bond donors (Lipinski definition) is 1. The zero-order valence-electron chi connectivity index (χ0n) is 8.66. The number of hydrogen-bond acceptors (Lipinski definition) is 3. The number of likely N-dealkylation sites (N-methyl/N-ethyl adjacent to an activating group) is 1. The summed E-state index contributed by atoms with van der Waals surface area (Å²) in [6.07, 6.45) is 3.60. The van der Waals surface area contributed by atoms with Crippen LogP contribution < -0.4 is 5.32 Å². The number of rotatable bonds is 2. The smallest absolute Gasteiger partial charge is 0.242 e. The summed E-state index contributed by atoms with van der Waals surface area (Å²) in [5, 5.41) is 3.01. The van der Waals surface area contributed by atoms with Gasteiger partial charge in [-0.25, -0.2) is 0 Å². The molecule has 1 saturated heterocycles. The molecule has 1 amide bonds. The summed E-state index contributed by atoms with van der Waals surface area (Å²) in [7, 11) is 1.82. The van der Waals surface area contributed by atoms with Crippen molar-refractivity contribution in [3.05, 3.63) is 0 Å². The third kappa shape index (κ3) is 1.77. The summed E-state index contributed by atoms with van der Waals surface area (Å²) >= 11 is 0. The van der Waals surface area contributed by atoms with E-state index in [2.05, 4.69) is 5.32 Å². The Kier molecular flexibility index (Phi) is 3.03. The Morgan fingerprint density at radius 1 is 1.50 bits per heavy atom. The van der Waals surface area contributed by atoms with Crippen LogP contribution in [-0.4, -0.2) is 49.7 Å². The minimum Gasteiger partial charge on any atom is -0.377 e. The van der Waals surface area contributed by atoms with E-state index < -0.39 is 0 Å². The van der Waals surface area contributed by atoms with Gasteiger partial charge in [0.05, 0.1) is 13.2 Å². The molecule has 0 aromatic heterocycles. The van der Waals surface area contributed by atoms with Gasteiger partial charge in [-0.05, 0) is 26.3 Å². The maximum atomic E-state index is 12.0. The molecule has 0 spiro atoms. The maximum absolute atomic E-state index is 12.0. The highest BCUT2D eigenvalue weighted by Gasteiger charge is 2.33. The molecule has 4 heteroatoms. The van der Waals surface area contributed by atoms with Gasteiger partial charge < -0.3 is 15.0 Å². The van der Waals surface area contributed by atoms with Crippen LogP contribution in [0, 0.1) is 0 Å². The van der Waals surface area contributed by atoms with Crippen molar-refractivity contribution in [2.75, 3.05) is 26.8 Å². The molecular weight excluding hydrogens is 180 g/mol. The minimum atomic E-state index is -0.141. The average Bonchev–Trinajstić information content (AvgIpc) is 2.27. The van der Waals surface area contributed by atoms with Crippen molar-refractivity contribution in [2.45, 2.75) is 31.3 Å². The van der Waals surface area contributed by atoms with Gasteiger partial charge in [-0.2, -0.15) is 0 Å². The molecule has 2 aliphatic rings. The van der Waals surface area contributed by atoms with Gasteiger partial charge in [0.2, 0.25) is 5.91 Å². The Hall–Kier alpha value is -0.610. The average molecular weight is 198 g/mol. The molecule has 0 aromatic rings. The fourth-order valence-electron chi connectivity index (χ4n) is 2.01. The quantitative estimate of drug-likeness (QED) is 0.678. The lowest BCUT2D eigenvalue weighted by atomic mass is 9.91. The van der Waals surface area contributed by atoms with Gasteiger partial charge in [0, 0.05) is 12.6 Å². The number of carbonyl (C=O) groups excluding carboxylic acids is 1. The van der Waals surface area contributed by atoms with Crippen LogP contribution in [0.5, 0.6) is 0 Å². The van der Waals surface area contributed by atoms with Crippen molar-refractivity contribution >= 4 is 5.91 Å². The highest BCUT2D eigenvalue weighted by atomic mass is 16.5. The minimum absolute atomic E-state index is 0.141. The Bertz CT molecular complexity index is 216. The monoisotopic (exact) mass is 198 g/mol.